The van der Waals surface area contributed by atoms with Gasteiger partial charge in [-0.1, -0.05) is 6.07 Å². The van der Waals surface area contributed by atoms with Crippen molar-refractivity contribution in [2.45, 2.75) is 43.2 Å². The fourth-order valence-electron chi connectivity index (χ4n) is 3.56. The molecule has 0 spiro atoms. The van der Waals surface area contributed by atoms with E-state index in [1.54, 1.807) is 19.2 Å². The Morgan fingerprint density at radius 2 is 1.93 bits per heavy atom. The minimum atomic E-state index is -3.85. The van der Waals surface area contributed by atoms with Gasteiger partial charge in [0.2, 0.25) is 5.91 Å². The molecule has 1 aliphatic heterocycles. The molecule has 3 rings (SSSR count). The maximum atomic E-state index is 13.2. The lowest BCUT2D eigenvalue weighted by molar-refractivity contribution is -0.118. The topological polar surface area (TPSA) is 105 Å². The first-order valence-electron chi connectivity index (χ1n) is 9.87. The SMILES string of the molecule is CNC(CC(C)N)C(=O)Nc1ccc2c(c1)N(S(=O)(=O)c1ccc(F)cc1)CCC2. The second-order valence-corrected chi connectivity index (χ2v) is 9.38. The van der Waals surface area contributed by atoms with Gasteiger partial charge in [-0.25, -0.2) is 12.8 Å². The molecule has 9 heteroatoms. The van der Waals surface area contributed by atoms with Gasteiger partial charge in [0, 0.05) is 18.3 Å². The number of likely N-dealkylation sites (N-methyl/N-ethyl adjacent to an activating group) is 1. The first-order chi connectivity index (χ1) is 14.2. The molecule has 2 atom stereocenters. The van der Waals surface area contributed by atoms with Crippen LogP contribution in [0.5, 0.6) is 0 Å². The predicted octanol–water partition coefficient (Wildman–Crippen LogP) is 2.23. The fourth-order valence-corrected chi connectivity index (χ4v) is 5.09. The molecule has 0 bridgehead atoms. The Labute approximate surface area is 176 Å². The number of carbonyl (C=O) groups excluding carboxylic acids is 1. The van der Waals surface area contributed by atoms with Gasteiger partial charge >= 0.3 is 0 Å². The number of anilines is 2. The lowest BCUT2D eigenvalue weighted by Gasteiger charge is -2.31. The average Bonchev–Trinajstić information content (AvgIpc) is 2.71. The van der Waals surface area contributed by atoms with Crippen molar-refractivity contribution in [1.82, 2.24) is 5.32 Å². The number of rotatable bonds is 7. The maximum Gasteiger partial charge on any atom is 0.264 e. The largest absolute Gasteiger partial charge is 0.328 e. The minimum Gasteiger partial charge on any atom is -0.328 e. The molecule has 30 heavy (non-hydrogen) atoms. The molecule has 0 saturated heterocycles. The summed E-state index contributed by atoms with van der Waals surface area (Å²) >= 11 is 0. The van der Waals surface area contributed by atoms with E-state index in [4.69, 9.17) is 5.73 Å². The molecule has 0 aliphatic carbocycles. The van der Waals surface area contributed by atoms with E-state index in [0.717, 1.165) is 24.1 Å². The second kappa shape index (κ2) is 9.11. The molecule has 0 aromatic heterocycles. The van der Waals surface area contributed by atoms with E-state index in [-0.39, 0.29) is 16.8 Å². The van der Waals surface area contributed by atoms with Gasteiger partial charge in [0.25, 0.3) is 10.0 Å². The van der Waals surface area contributed by atoms with Gasteiger partial charge in [-0.15, -0.1) is 0 Å². The van der Waals surface area contributed by atoms with E-state index in [0.29, 0.717) is 30.8 Å². The molecule has 2 unspecified atom stereocenters. The summed E-state index contributed by atoms with van der Waals surface area (Å²) in [5.41, 5.74) is 7.71. The number of nitrogens with two attached hydrogens (primary N) is 1. The van der Waals surface area contributed by atoms with Gasteiger partial charge in [0.1, 0.15) is 5.82 Å². The van der Waals surface area contributed by atoms with Crippen molar-refractivity contribution >= 4 is 27.3 Å². The van der Waals surface area contributed by atoms with E-state index in [2.05, 4.69) is 10.6 Å². The van der Waals surface area contributed by atoms with Crippen LogP contribution in [0.2, 0.25) is 0 Å². The highest BCUT2D eigenvalue weighted by Crippen LogP contribution is 2.34. The van der Waals surface area contributed by atoms with E-state index < -0.39 is 21.9 Å². The minimum absolute atomic E-state index is 0.0263. The monoisotopic (exact) mass is 434 g/mol. The molecular weight excluding hydrogens is 407 g/mol. The third-order valence-electron chi connectivity index (χ3n) is 5.10. The third-order valence-corrected chi connectivity index (χ3v) is 6.93. The average molecular weight is 435 g/mol. The normalized spacial score (nSPS) is 15.9. The molecule has 162 valence electrons. The molecule has 2 aromatic carbocycles. The molecule has 1 heterocycles. The van der Waals surface area contributed by atoms with Crippen LogP contribution in [0.15, 0.2) is 47.4 Å². The Bertz CT molecular complexity index is 1010. The molecule has 1 aliphatic rings. The number of sulfonamides is 1. The number of benzene rings is 2. The number of halogens is 1. The first-order valence-corrected chi connectivity index (χ1v) is 11.3. The van der Waals surface area contributed by atoms with Gasteiger partial charge in [0.15, 0.2) is 0 Å². The molecule has 2 aromatic rings. The lowest BCUT2D eigenvalue weighted by Crippen LogP contribution is -2.42. The van der Waals surface area contributed by atoms with Crippen LogP contribution in [0.1, 0.15) is 25.3 Å². The van der Waals surface area contributed by atoms with Gasteiger partial charge in [0.05, 0.1) is 16.6 Å². The molecule has 0 saturated carbocycles. The number of aryl methyl sites for hydroxylation is 1. The van der Waals surface area contributed by atoms with Crippen LogP contribution in [-0.4, -0.2) is 40.0 Å². The summed E-state index contributed by atoms with van der Waals surface area (Å²) in [6.07, 6.45) is 1.89. The highest BCUT2D eigenvalue weighted by atomic mass is 32.2. The zero-order valence-corrected chi connectivity index (χ0v) is 17.9. The Balaban J connectivity index is 1.89. The second-order valence-electron chi connectivity index (χ2n) is 7.52. The quantitative estimate of drug-likeness (QED) is 0.620. The highest BCUT2D eigenvalue weighted by molar-refractivity contribution is 7.92. The van der Waals surface area contributed by atoms with Crippen LogP contribution >= 0.6 is 0 Å². The lowest BCUT2D eigenvalue weighted by atomic mass is 10.0. The number of amides is 1. The molecule has 7 nitrogen and oxygen atoms in total. The summed E-state index contributed by atoms with van der Waals surface area (Å²) in [6.45, 7) is 2.14. The molecule has 0 fully saturated rings. The van der Waals surface area contributed by atoms with E-state index in [1.165, 1.54) is 16.4 Å². The van der Waals surface area contributed by atoms with Crippen LogP contribution in [0.4, 0.5) is 15.8 Å². The number of hydrogen-bond donors (Lipinski definition) is 3. The van der Waals surface area contributed by atoms with Gasteiger partial charge in [-0.2, -0.15) is 0 Å². The summed E-state index contributed by atoms with van der Waals surface area (Å²) in [5.74, 6) is -0.734. The number of fused-ring (bicyclic) bond motifs is 1. The van der Waals surface area contributed by atoms with E-state index in [9.17, 15) is 17.6 Å². The Kier molecular flexibility index (Phi) is 6.74. The predicted molar refractivity (Wildman–Crippen MR) is 115 cm³/mol. The third kappa shape index (κ3) is 4.80. The Morgan fingerprint density at radius 1 is 1.23 bits per heavy atom. The van der Waals surface area contributed by atoms with Gasteiger partial charge in [-0.05, 0) is 75.2 Å². The van der Waals surface area contributed by atoms with Gasteiger partial charge < -0.3 is 16.4 Å². The highest BCUT2D eigenvalue weighted by Gasteiger charge is 2.29. The summed E-state index contributed by atoms with van der Waals surface area (Å²) in [4.78, 5) is 12.6. The van der Waals surface area contributed by atoms with Crippen molar-refractivity contribution in [3.05, 3.63) is 53.8 Å². The van der Waals surface area contributed by atoms with E-state index >= 15 is 0 Å². The summed E-state index contributed by atoms with van der Waals surface area (Å²) < 4.78 is 40.9. The first kappa shape index (κ1) is 22.2. The van der Waals surface area contributed by atoms with Crippen LogP contribution in [0.25, 0.3) is 0 Å². The zero-order chi connectivity index (χ0) is 21.9. The van der Waals surface area contributed by atoms with Crippen molar-refractivity contribution in [2.75, 3.05) is 23.2 Å². The summed E-state index contributed by atoms with van der Waals surface area (Å²) in [6, 6.07) is 9.45. The number of carbonyl (C=O) groups is 1. The van der Waals surface area contributed by atoms with Gasteiger partial charge in [-0.3, -0.25) is 9.10 Å². The van der Waals surface area contributed by atoms with E-state index in [1.807, 2.05) is 13.0 Å². The van der Waals surface area contributed by atoms with Crippen LogP contribution in [-0.2, 0) is 21.2 Å². The van der Waals surface area contributed by atoms with Crippen molar-refractivity contribution in [1.29, 1.82) is 0 Å². The van der Waals surface area contributed by atoms with Crippen molar-refractivity contribution in [3.8, 4) is 0 Å². The number of nitrogens with one attached hydrogen (secondary N) is 2. The van der Waals surface area contributed by atoms with Crippen molar-refractivity contribution in [2.24, 2.45) is 5.73 Å². The Morgan fingerprint density at radius 3 is 2.57 bits per heavy atom. The standard InChI is InChI=1S/C21H27FN4O3S/c1-14(23)12-19(24-2)21(27)25-17-8-5-15-4-3-11-26(20(15)13-17)30(28,29)18-9-6-16(22)7-10-18/h5-10,13-14,19,24H,3-4,11-12,23H2,1-2H3,(H,25,27). The summed E-state index contributed by atoms with van der Waals surface area (Å²) in [7, 11) is -2.16. The smallest absolute Gasteiger partial charge is 0.264 e. The van der Waals surface area contributed by atoms with Crippen LogP contribution in [0, 0.1) is 5.82 Å². The Hall–Kier alpha value is -2.49. The number of hydrogen-bond acceptors (Lipinski definition) is 5. The summed E-state index contributed by atoms with van der Waals surface area (Å²) in [5, 5.41) is 5.79. The van der Waals surface area contributed by atoms with Crippen molar-refractivity contribution in [3.63, 3.8) is 0 Å². The molecule has 0 radical (unpaired) electrons. The number of nitrogens with zero attached hydrogens (tertiary/aromatic N) is 1. The molecule has 1 amide bonds. The van der Waals surface area contributed by atoms with Crippen LogP contribution < -0.4 is 20.7 Å². The van der Waals surface area contributed by atoms with Crippen molar-refractivity contribution < 1.29 is 17.6 Å². The fraction of sp³-hybridized carbons (Fsp3) is 0.381. The maximum absolute atomic E-state index is 13.2. The molecular formula is C21H27FN4O3S. The molecule has 4 N–H and O–H groups in total. The van der Waals surface area contributed by atoms with Crippen LogP contribution in [0.3, 0.4) is 0 Å². The zero-order valence-electron chi connectivity index (χ0n) is 17.1.